The number of rotatable bonds is 4. The van der Waals surface area contributed by atoms with E-state index in [4.69, 9.17) is 16.3 Å². The predicted molar refractivity (Wildman–Crippen MR) is 103 cm³/mol. The number of nitrogens with zero attached hydrogens (tertiary/aromatic N) is 2. The SMILES string of the molecule is CC(=O)O/C(=C(/C#N)c1nc(-c2ccccc2)cs1)c1ccccc1Cl. The smallest absolute Gasteiger partial charge is 0.308 e. The van der Waals surface area contributed by atoms with Gasteiger partial charge in [-0.05, 0) is 12.1 Å². The van der Waals surface area contributed by atoms with Crippen LogP contribution in [0.15, 0.2) is 60.0 Å². The van der Waals surface area contributed by atoms with Crippen LogP contribution in [0.25, 0.3) is 22.6 Å². The van der Waals surface area contributed by atoms with Gasteiger partial charge in [0.15, 0.2) is 5.76 Å². The summed E-state index contributed by atoms with van der Waals surface area (Å²) in [6, 6.07) is 18.6. The molecule has 0 radical (unpaired) electrons. The van der Waals surface area contributed by atoms with Crippen molar-refractivity contribution in [3.63, 3.8) is 0 Å². The first-order valence-electron chi connectivity index (χ1n) is 7.69. The second kappa shape index (κ2) is 7.96. The Bertz CT molecular complexity index is 1020. The van der Waals surface area contributed by atoms with Crippen molar-refractivity contribution in [2.24, 2.45) is 0 Å². The first-order chi connectivity index (χ1) is 12.6. The van der Waals surface area contributed by atoms with E-state index in [1.54, 1.807) is 24.3 Å². The average Bonchev–Trinajstić information content (AvgIpc) is 3.12. The van der Waals surface area contributed by atoms with Crippen LogP contribution >= 0.6 is 22.9 Å². The lowest BCUT2D eigenvalue weighted by molar-refractivity contribution is -0.134. The molecule has 0 unspecified atom stereocenters. The summed E-state index contributed by atoms with van der Waals surface area (Å²) in [6.07, 6.45) is 0. The zero-order valence-electron chi connectivity index (χ0n) is 13.8. The Morgan fingerprint density at radius 1 is 1.15 bits per heavy atom. The average molecular weight is 381 g/mol. The second-order valence-electron chi connectivity index (χ2n) is 5.29. The lowest BCUT2D eigenvalue weighted by Crippen LogP contribution is -2.02. The van der Waals surface area contributed by atoms with Gasteiger partial charge < -0.3 is 4.74 Å². The number of esters is 1. The number of carbonyl (C=O) groups is 1. The molecule has 0 aliphatic carbocycles. The van der Waals surface area contributed by atoms with Crippen LogP contribution in [0.3, 0.4) is 0 Å². The van der Waals surface area contributed by atoms with Crippen LogP contribution in [-0.2, 0) is 9.53 Å². The third-order valence-electron chi connectivity index (χ3n) is 3.49. The van der Waals surface area contributed by atoms with Crippen LogP contribution in [0.1, 0.15) is 17.5 Å². The zero-order valence-corrected chi connectivity index (χ0v) is 15.3. The third-order valence-corrected chi connectivity index (χ3v) is 4.68. The van der Waals surface area contributed by atoms with Crippen molar-refractivity contribution >= 4 is 40.2 Å². The highest BCUT2D eigenvalue weighted by Gasteiger charge is 2.20. The Balaban J connectivity index is 2.14. The molecule has 4 nitrogen and oxygen atoms in total. The Labute approximate surface area is 160 Å². The van der Waals surface area contributed by atoms with E-state index in [2.05, 4.69) is 11.1 Å². The van der Waals surface area contributed by atoms with Gasteiger partial charge in [0, 0.05) is 23.4 Å². The first-order valence-corrected chi connectivity index (χ1v) is 8.95. The largest absolute Gasteiger partial charge is 0.424 e. The minimum Gasteiger partial charge on any atom is -0.424 e. The van der Waals surface area contributed by atoms with Gasteiger partial charge in [0.05, 0.1) is 10.7 Å². The molecule has 6 heteroatoms. The summed E-state index contributed by atoms with van der Waals surface area (Å²) < 4.78 is 5.34. The molecule has 0 N–H and O–H groups in total. The van der Waals surface area contributed by atoms with Crippen LogP contribution in [-0.4, -0.2) is 11.0 Å². The zero-order chi connectivity index (χ0) is 18.5. The Hall–Kier alpha value is -2.94. The van der Waals surface area contributed by atoms with Crippen LogP contribution in [0, 0.1) is 11.3 Å². The van der Waals surface area contributed by atoms with Crippen molar-refractivity contribution in [1.82, 2.24) is 4.98 Å². The van der Waals surface area contributed by atoms with E-state index in [0.29, 0.717) is 15.6 Å². The number of carbonyl (C=O) groups excluding carboxylic acids is 1. The van der Waals surface area contributed by atoms with Gasteiger partial charge in [0.1, 0.15) is 16.6 Å². The number of hydrogen-bond acceptors (Lipinski definition) is 5. The minimum atomic E-state index is -0.535. The van der Waals surface area contributed by atoms with Crippen molar-refractivity contribution in [2.75, 3.05) is 0 Å². The van der Waals surface area contributed by atoms with Gasteiger partial charge in [0.2, 0.25) is 0 Å². The maximum Gasteiger partial charge on any atom is 0.308 e. The molecule has 0 aliphatic rings. The fourth-order valence-corrected chi connectivity index (χ4v) is 3.40. The van der Waals surface area contributed by atoms with Gasteiger partial charge in [-0.2, -0.15) is 5.26 Å². The summed E-state index contributed by atoms with van der Waals surface area (Å²) in [5.41, 5.74) is 2.33. The number of allylic oxidation sites excluding steroid dienone is 1. The van der Waals surface area contributed by atoms with Gasteiger partial charge in [-0.1, -0.05) is 54.1 Å². The fourth-order valence-electron chi connectivity index (χ4n) is 2.36. The number of thiazole rings is 1. The molecule has 0 bridgehead atoms. The summed E-state index contributed by atoms with van der Waals surface area (Å²) in [7, 11) is 0. The number of hydrogen-bond donors (Lipinski definition) is 0. The summed E-state index contributed by atoms with van der Waals surface area (Å²) in [6.45, 7) is 1.28. The molecule has 0 aliphatic heterocycles. The molecular weight excluding hydrogens is 368 g/mol. The molecule has 128 valence electrons. The number of nitriles is 1. The highest BCUT2D eigenvalue weighted by Crippen LogP contribution is 2.34. The number of halogens is 1. The molecular formula is C20H13ClN2O2S. The van der Waals surface area contributed by atoms with Crippen molar-refractivity contribution in [3.05, 3.63) is 75.6 Å². The molecule has 0 saturated carbocycles. The molecule has 1 aromatic heterocycles. The standard InChI is InChI=1S/C20H13ClN2O2S/c1-13(24)25-19(15-9-5-6-10-17(15)21)16(11-22)20-23-18(12-26-20)14-7-3-2-4-8-14/h2-10,12H,1H3/b19-16-. The maximum atomic E-state index is 11.6. The summed E-state index contributed by atoms with van der Waals surface area (Å²) >= 11 is 7.55. The van der Waals surface area contributed by atoms with Crippen LogP contribution < -0.4 is 0 Å². The summed E-state index contributed by atoms with van der Waals surface area (Å²) in [4.78, 5) is 16.1. The summed E-state index contributed by atoms with van der Waals surface area (Å²) in [5.74, 6) is -0.424. The van der Waals surface area contributed by atoms with Crippen LogP contribution in [0.4, 0.5) is 0 Å². The summed E-state index contributed by atoms with van der Waals surface area (Å²) in [5, 5.41) is 12.4. The second-order valence-corrected chi connectivity index (χ2v) is 6.56. The fraction of sp³-hybridized carbons (Fsp3) is 0.0500. The highest BCUT2D eigenvalue weighted by atomic mass is 35.5. The van der Waals surface area contributed by atoms with Gasteiger partial charge in [-0.3, -0.25) is 4.79 Å². The number of benzene rings is 2. The minimum absolute atomic E-state index is 0.111. The molecule has 0 atom stereocenters. The Morgan fingerprint density at radius 2 is 1.85 bits per heavy atom. The molecule has 2 aromatic carbocycles. The lowest BCUT2D eigenvalue weighted by atomic mass is 10.1. The number of aromatic nitrogens is 1. The van der Waals surface area contributed by atoms with E-state index in [1.165, 1.54) is 18.3 Å². The Kier molecular flexibility index (Phi) is 5.47. The van der Waals surface area contributed by atoms with Crippen molar-refractivity contribution in [2.45, 2.75) is 6.92 Å². The van der Waals surface area contributed by atoms with E-state index in [-0.39, 0.29) is 11.3 Å². The first kappa shape index (κ1) is 17.9. The van der Waals surface area contributed by atoms with E-state index in [9.17, 15) is 10.1 Å². The van der Waals surface area contributed by atoms with E-state index < -0.39 is 5.97 Å². The van der Waals surface area contributed by atoms with Crippen LogP contribution in [0.2, 0.25) is 5.02 Å². The van der Waals surface area contributed by atoms with E-state index >= 15 is 0 Å². The van der Waals surface area contributed by atoms with Crippen molar-refractivity contribution in [1.29, 1.82) is 5.26 Å². The van der Waals surface area contributed by atoms with Gasteiger partial charge in [-0.15, -0.1) is 11.3 Å². The van der Waals surface area contributed by atoms with Gasteiger partial charge in [-0.25, -0.2) is 4.98 Å². The predicted octanol–water partition coefficient (Wildman–Crippen LogP) is 5.42. The van der Waals surface area contributed by atoms with Gasteiger partial charge in [0.25, 0.3) is 0 Å². The van der Waals surface area contributed by atoms with Crippen molar-refractivity contribution in [3.8, 4) is 17.3 Å². The molecule has 0 fully saturated rings. The molecule has 3 aromatic rings. The monoisotopic (exact) mass is 380 g/mol. The number of ether oxygens (including phenoxy) is 1. The van der Waals surface area contributed by atoms with Gasteiger partial charge >= 0.3 is 5.97 Å². The van der Waals surface area contributed by atoms with Crippen molar-refractivity contribution < 1.29 is 9.53 Å². The molecule has 0 amide bonds. The normalized spacial score (nSPS) is 11.4. The highest BCUT2D eigenvalue weighted by molar-refractivity contribution is 7.11. The lowest BCUT2D eigenvalue weighted by Gasteiger charge is -2.10. The molecule has 1 heterocycles. The topological polar surface area (TPSA) is 63.0 Å². The quantitative estimate of drug-likeness (QED) is 0.344. The molecule has 3 rings (SSSR count). The third kappa shape index (κ3) is 3.83. The molecule has 0 saturated heterocycles. The maximum absolute atomic E-state index is 11.6. The molecule has 26 heavy (non-hydrogen) atoms. The van der Waals surface area contributed by atoms with Crippen LogP contribution in [0.5, 0.6) is 0 Å². The Morgan fingerprint density at radius 3 is 2.50 bits per heavy atom. The van der Waals surface area contributed by atoms with E-state index in [0.717, 1.165) is 11.3 Å². The van der Waals surface area contributed by atoms with E-state index in [1.807, 2.05) is 35.7 Å². The molecule has 0 spiro atoms.